The van der Waals surface area contributed by atoms with Crippen molar-refractivity contribution in [2.45, 2.75) is 51.6 Å². The first kappa shape index (κ1) is 17.2. The first-order chi connectivity index (χ1) is 10.6. The van der Waals surface area contributed by atoms with Crippen molar-refractivity contribution in [3.8, 4) is 0 Å². The Morgan fingerprint density at radius 3 is 2.82 bits per heavy atom. The molecule has 5 heteroatoms. The van der Waals surface area contributed by atoms with Crippen LogP contribution < -0.4 is 10.6 Å². The van der Waals surface area contributed by atoms with E-state index in [9.17, 15) is 4.39 Å². The smallest absolute Gasteiger partial charge is 0.170 e. The number of aryl methyl sites for hydroxylation is 1. The van der Waals surface area contributed by atoms with Crippen molar-refractivity contribution in [1.29, 1.82) is 0 Å². The van der Waals surface area contributed by atoms with E-state index in [4.69, 9.17) is 17.0 Å². The van der Waals surface area contributed by atoms with Crippen LogP contribution in [0.15, 0.2) is 18.2 Å². The van der Waals surface area contributed by atoms with Gasteiger partial charge in [-0.05, 0) is 56.1 Å². The first-order valence-corrected chi connectivity index (χ1v) is 8.48. The molecule has 0 unspecified atom stereocenters. The molecule has 1 aromatic carbocycles. The second-order valence-corrected chi connectivity index (χ2v) is 6.24. The van der Waals surface area contributed by atoms with E-state index in [1.54, 1.807) is 13.0 Å². The Bertz CT molecular complexity index is 490. The maximum atomic E-state index is 13.4. The standard InChI is InChI=1S/C17H25FN2OS/c1-13-8-9-14(12-16(13)18)20-17(22)19-10-5-11-21-15-6-3-2-4-7-15/h8-9,12,15H,2-7,10-11H2,1H3,(H2,19,20,22). The molecular weight excluding hydrogens is 299 g/mol. The highest BCUT2D eigenvalue weighted by atomic mass is 32.1. The SMILES string of the molecule is Cc1ccc(NC(=S)NCCCOC2CCCCC2)cc1F. The molecule has 0 radical (unpaired) electrons. The zero-order valence-corrected chi connectivity index (χ0v) is 14.0. The molecule has 1 aliphatic carbocycles. The van der Waals surface area contributed by atoms with E-state index in [0.717, 1.165) is 19.6 Å². The van der Waals surface area contributed by atoms with E-state index < -0.39 is 0 Å². The molecule has 0 spiro atoms. The van der Waals surface area contributed by atoms with Gasteiger partial charge in [-0.1, -0.05) is 25.3 Å². The van der Waals surface area contributed by atoms with Crippen LogP contribution in [0.2, 0.25) is 0 Å². The number of hydrogen-bond acceptors (Lipinski definition) is 2. The van der Waals surface area contributed by atoms with E-state index in [2.05, 4.69) is 10.6 Å². The average Bonchev–Trinajstić information content (AvgIpc) is 2.52. The molecule has 0 amide bonds. The Morgan fingerprint density at radius 1 is 1.32 bits per heavy atom. The summed E-state index contributed by atoms with van der Waals surface area (Å²) >= 11 is 5.20. The zero-order chi connectivity index (χ0) is 15.8. The summed E-state index contributed by atoms with van der Waals surface area (Å²) in [6.45, 7) is 3.26. The zero-order valence-electron chi connectivity index (χ0n) is 13.2. The number of ether oxygens (including phenoxy) is 1. The van der Waals surface area contributed by atoms with Crippen LogP contribution in [0.25, 0.3) is 0 Å². The van der Waals surface area contributed by atoms with Crippen LogP contribution in [0, 0.1) is 12.7 Å². The summed E-state index contributed by atoms with van der Waals surface area (Å²) in [5.74, 6) is -0.228. The summed E-state index contributed by atoms with van der Waals surface area (Å²) in [5, 5.41) is 6.63. The molecule has 1 aromatic rings. The summed E-state index contributed by atoms with van der Waals surface area (Å²) in [6.07, 6.45) is 7.71. The fourth-order valence-electron chi connectivity index (χ4n) is 2.60. The number of hydrogen-bond donors (Lipinski definition) is 2. The van der Waals surface area contributed by atoms with Crippen LogP contribution in [-0.2, 0) is 4.74 Å². The molecule has 22 heavy (non-hydrogen) atoms. The van der Waals surface area contributed by atoms with E-state index in [-0.39, 0.29) is 5.82 Å². The molecule has 2 rings (SSSR count). The average molecular weight is 324 g/mol. The third-order valence-electron chi connectivity index (χ3n) is 3.94. The van der Waals surface area contributed by atoms with Gasteiger partial charge in [-0.15, -0.1) is 0 Å². The molecular formula is C17H25FN2OS. The molecule has 1 fully saturated rings. The number of benzene rings is 1. The predicted molar refractivity (Wildman–Crippen MR) is 92.8 cm³/mol. The Labute approximate surface area is 137 Å². The maximum absolute atomic E-state index is 13.4. The molecule has 0 heterocycles. The van der Waals surface area contributed by atoms with Gasteiger partial charge in [0.1, 0.15) is 5.82 Å². The van der Waals surface area contributed by atoms with Gasteiger partial charge >= 0.3 is 0 Å². The van der Waals surface area contributed by atoms with E-state index >= 15 is 0 Å². The van der Waals surface area contributed by atoms with Gasteiger partial charge in [-0.3, -0.25) is 0 Å². The molecule has 3 nitrogen and oxygen atoms in total. The van der Waals surface area contributed by atoms with Crippen LogP contribution in [0.4, 0.5) is 10.1 Å². The highest BCUT2D eigenvalue weighted by Crippen LogP contribution is 2.20. The number of thiocarbonyl (C=S) groups is 1. The summed E-state index contributed by atoms with van der Waals surface area (Å²) in [7, 11) is 0. The maximum Gasteiger partial charge on any atom is 0.170 e. The van der Waals surface area contributed by atoms with Gasteiger partial charge < -0.3 is 15.4 Å². The van der Waals surface area contributed by atoms with Crippen LogP contribution in [0.5, 0.6) is 0 Å². The lowest BCUT2D eigenvalue weighted by Crippen LogP contribution is -2.30. The molecule has 2 N–H and O–H groups in total. The minimum atomic E-state index is -0.228. The minimum absolute atomic E-state index is 0.228. The van der Waals surface area contributed by atoms with Crippen LogP contribution in [0.3, 0.4) is 0 Å². The molecule has 0 atom stereocenters. The van der Waals surface area contributed by atoms with Crippen LogP contribution >= 0.6 is 12.2 Å². The fourth-order valence-corrected chi connectivity index (χ4v) is 2.82. The number of rotatable bonds is 6. The fraction of sp³-hybridized carbons (Fsp3) is 0.588. The second-order valence-electron chi connectivity index (χ2n) is 5.83. The second kappa shape index (κ2) is 9.06. The van der Waals surface area contributed by atoms with Crippen molar-refractivity contribution < 1.29 is 9.13 Å². The lowest BCUT2D eigenvalue weighted by molar-refractivity contribution is 0.0277. The summed E-state index contributed by atoms with van der Waals surface area (Å²) in [4.78, 5) is 0. The van der Waals surface area contributed by atoms with Gasteiger partial charge in [0, 0.05) is 18.8 Å². The van der Waals surface area contributed by atoms with Gasteiger partial charge in [0.15, 0.2) is 5.11 Å². The summed E-state index contributed by atoms with van der Waals surface area (Å²) < 4.78 is 19.3. The lowest BCUT2D eigenvalue weighted by Gasteiger charge is -2.22. The summed E-state index contributed by atoms with van der Waals surface area (Å²) in [6, 6.07) is 5.01. The van der Waals surface area contributed by atoms with Gasteiger partial charge in [0.05, 0.1) is 6.10 Å². The van der Waals surface area contributed by atoms with Gasteiger partial charge in [0.2, 0.25) is 0 Å². The van der Waals surface area contributed by atoms with E-state index in [0.29, 0.717) is 22.5 Å². The van der Waals surface area contributed by atoms with E-state index in [1.165, 1.54) is 38.2 Å². The molecule has 0 bridgehead atoms. The molecule has 1 saturated carbocycles. The number of nitrogens with one attached hydrogen (secondary N) is 2. The highest BCUT2D eigenvalue weighted by molar-refractivity contribution is 7.80. The summed E-state index contributed by atoms with van der Waals surface area (Å²) in [5.41, 5.74) is 1.29. The van der Waals surface area contributed by atoms with Crippen molar-refractivity contribution in [3.63, 3.8) is 0 Å². The van der Waals surface area contributed by atoms with Crippen LogP contribution in [-0.4, -0.2) is 24.4 Å². The van der Waals surface area contributed by atoms with Gasteiger partial charge in [0.25, 0.3) is 0 Å². The largest absolute Gasteiger partial charge is 0.378 e. The third kappa shape index (κ3) is 5.89. The molecule has 0 aliphatic heterocycles. The third-order valence-corrected chi connectivity index (χ3v) is 4.19. The van der Waals surface area contributed by atoms with Gasteiger partial charge in [-0.2, -0.15) is 0 Å². The Kier molecular flexibility index (Phi) is 7.06. The van der Waals surface area contributed by atoms with Crippen molar-refractivity contribution in [2.75, 3.05) is 18.5 Å². The van der Waals surface area contributed by atoms with E-state index in [1.807, 2.05) is 6.07 Å². The minimum Gasteiger partial charge on any atom is -0.378 e. The first-order valence-electron chi connectivity index (χ1n) is 8.08. The predicted octanol–water partition coefficient (Wildman–Crippen LogP) is 4.16. The Balaban J connectivity index is 1.58. The topological polar surface area (TPSA) is 33.3 Å². The highest BCUT2D eigenvalue weighted by Gasteiger charge is 2.12. The molecule has 1 aliphatic rings. The van der Waals surface area contributed by atoms with Gasteiger partial charge in [-0.25, -0.2) is 4.39 Å². The number of halogens is 1. The lowest BCUT2D eigenvalue weighted by atomic mass is 9.98. The normalized spacial score (nSPS) is 15.5. The van der Waals surface area contributed by atoms with Crippen molar-refractivity contribution in [3.05, 3.63) is 29.6 Å². The molecule has 122 valence electrons. The van der Waals surface area contributed by atoms with Crippen LogP contribution in [0.1, 0.15) is 44.1 Å². The Morgan fingerprint density at radius 2 is 2.09 bits per heavy atom. The van der Waals surface area contributed by atoms with Crippen molar-refractivity contribution in [2.24, 2.45) is 0 Å². The monoisotopic (exact) mass is 324 g/mol. The number of anilines is 1. The Hall–Kier alpha value is -1.20. The molecule has 0 aromatic heterocycles. The molecule has 0 saturated heterocycles. The van der Waals surface area contributed by atoms with Crippen molar-refractivity contribution in [1.82, 2.24) is 5.32 Å². The van der Waals surface area contributed by atoms with Crippen molar-refractivity contribution >= 4 is 23.0 Å². The quantitative estimate of drug-likeness (QED) is 0.608.